The average Bonchev–Trinajstić information content (AvgIpc) is 3.77. The Labute approximate surface area is 261 Å². The Bertz CT molecular complexity index is 2450. The molecule has 0 amide bonds. The van der Waals surface area contributed by atoms with Gasteiger partial charge in [0.25, 0.3) is 0 Å². The van der Waals surface area contributed by atoms with E-state index in [0.29, 0.717) is 0 Å². The SMILES string of the molecule is C1=Cc2c(c3ccccc3n2-c2ccc3oc4ccc(-c5cccc(C6=C7Oc8ccccc8C7CC=C6)c5)cc4c3c2)CC1. The Hall–Kier alpha value is -5.54. The molecule has 45 heavy (non-hydrogen) atoms. The summed E-state index contributed by atoms with van der Waals surface area (Å²) < 4.78 is 15.2. The normalized spacial score (nSPS) is 16.8. The smallest absolute Gasteiger partial charge is 0.135 e. The molecule has 3 nitrogen and oxygen atoms in total. The monoisotopic (exact) mass is 579 g/mol. The van der Waals surface area contributed by atoms with Crippen LogP contribution in [-0.2, 0) is 6.42 Å². The Morgan fingerprint density at radius 1 is 0.644 bits per heavy atom. The fraction of sp³-hybridized carbons (Fsp3) is 0.0952. The minimum atomic E-state index is 0.284. The highest BCUT2D eigenvalue weighted by atomic mass is 16.5. The number of aryl methyl sites for hydroxylation is 1. The standard InChI is InChI=1S/C42H29NO2/c1-4-16-37-31(11-1)32-12-2-5-17-38(32)43(37)29-20-22-41-36(25-29)35-24-27(19-21-40(35)44-41)26-9-7-10-28(23-26)30-14-8-15-34-33-13-3-6-18-39(33)45-42(30)34/h1,3-11,13-14,16-25,34H,2,12,15H2. The highest BCUT2D eigenvalue weighted by molar-refractivity contribution is 6.07. The van der Waals surface area contributed by atoms with Gasteiger partial charge in [-0.2, -0.15) is 0 Å². The Balaban J connectivity index is 1.09. The fourth-order valence-corrected chi connectivity index (χ4v) is 7.73. The van der Waals surface area contributed by atoms with Gasteiger partial charge in [-0.05, 0) is 96.1 Å². The summed E-state index contributed by atoms with van der Waals surface area (Å²) in [5, 5.41) is 3.61. The fourth-order valence-electron chi connectivity index (χ4n) is 7.73. The largest absolute Gasteiger partial charge is 0.460 e. The summed E-state index contributed by atoms with van der Waals surface area (Å²) in [6.45, 7) is 0. The van der Waals surface area contributed by atoms with E-state index in [1.807, 2.05) is 0 Å². The molecular weight excluding hydrogens is 550 g/mol. The van der Waals surface area contributed by atoms with E-state index < -0.39 is 0 Å². The van der Waals surface area contributed by atoms with E-state index in [1.165, 1.54) is 50.0 Å². The van der Waals surface area contributed by atoms with Crippen molar-refractivity contribution in [3.05, 3.63) is 156 Å². The van der Waals surface area contributed by atoms with Crippen molar-refractivity contribution in [2.24, 2.45) is 0 Å². The summed E-state index contributed by atoms with van der Waals surface area (Å²) in [5.74, 6) is 2.33. The summed E-state index contributed by atoms with van der Waals surface area (Å²) in [6, 6.07) is 39.2. The van der Waals surface area contributed by atoms with Crippen LogP contribution in [0.15, 0.2) is 138 Å². The molecule has 10 rings (SSSR count). The van der Waals surface area contributed by atoms with E-state index >= 15 is 0 Å². The molecule has 5 aromatic carbocycles. The Kier molecular flexibility index (Phi) is 5.23. The van der Waals surface area contributed by atoms with E-state index in [1.54, 1.807) is 0 Å². The van der Waals surface area contributed by atoms with Crippen LogP contribution in [0.3, 0.4) is 0 Å². The van der Waals surface area contributed by atoms with E-state index in [-0.39, 0.29) is 5.92 Å². The molecule has 214 valence electrons. The molecule has 2 aliphatic carbocycles. The lowest BCUT2D eigenvalue weighted by Gasteiger charge is -2.18. The second kappa shape index (κ2) is 9.48. The maximum absolute atomic E-state index is 6.43. The van der Waals surface area contributed by atoms with Gasteiger partial charge in [0, 0.05) is 44.6 Å². The minimum Gasteiger partial charge on any atom is -0.460 e. The van der Waals surface area contributed by atoms with E-state index in [9.17, 15) is 0 Å². The van der Waals surface area contributed by atoms with Gasteiger partial charge in [0.1, 0.15) is 22.7 Å². The van der Waals surface area contributed by atoms with Crippen LogP contribution in [0.25, 0.3) is 61.3 Å². The highest BCUT2D eigenvalue weighted by Gasteiger charge is 2.32. The van der Waals surface area contributed by atoms with Crippen LogP contribution in [0.4, 0.5) is 0 Å². The Morgan fingerprint density at radius 3 is 2.44 bits per heavy atom. The van der Waals surface area contributed by atoms with Gasteiger partial charge in [-0.1, -0.05) is 78.9 Å². The van der Waals surface area contributed by atoms with Crippen molar-refractivity contribution < 1.29 is 9.15 Å². The third kappa shape index (κ3) is 3.71. The van der Waals surface area contributed by atoms with Gasteiger partial charge >= 0.3 is 0 Å². The van der Waals surface area contributed by atoms with Crippen LogP contribution in [-0.4, -0.2) is 4.57 Å². The van der Waals surface area contributed by atoms with Gasteiger partial charge in [0.2, 0.25) is 0 Å². The molecule has 0 spiro atoms. The molecule has 1 unspecified atom stereocenters. The molecule has 0 radical (unpaired) electrons. The van der Waals surface area contributed by atoms with Crippen LogP contribution in [0.5, 0.6) is 5.75 Å². The second-order valence-corrected chi connectivity index (χ2v) is 12.3. The van der Waals surface area contributed by atoms with E-state index in [2.05, 4.69) is 138 Å². The number of nitrogens with zero attached hydrogens (tertiary/aromatic N) is 1. The summed E-state index contributed by atoms with van der Waals surface area (Å²) in [6.07, 6.45) is 12.2. The Morgan fingerprint density at radius 2 is 1.47 bits per heavy atom. The first kappa shape index (κ1) is 24.9. The number of rotatable bonds is 3. The molecule has 1 atom stereocenters. The lowest BCUT2D eigenvalue weighted by molar-refractivity contribution is 0.429. The third-order valence-corrected chi connectivity index (χ3v) is 9.83. The number of para-hydroxylation sites is 2. The number of hydrogen-bond acceptors (Lipinski definition) is 2. The van der Waals surface area contributed by atoms with E-state index in [0.717, 1.165) is 58.4 Å². The van der Waals surface area contributed by atoms with Crippen molar-refractivity contribution in [1.29, 1.82) is 0 Å². The van der Waals surface area contributed by atoms with Gasteiger partial charge in [0.15, 0.2) is 0 Å². The lowest BCUT2D eigenvalue weighted by Crippen LogP contribution is -2.05. The molecule has 0 bridgehead atoms. The average molecular weight is 580 g/mol. The first-order chi connectivity index (χ1) is 22.3. The number of furan rings is 1. The molecule has 3 heteroatoms. The molecule has 7 aromatic rings. The number of ether oxygens (including phenoxy) is 1. The van der Waals surface area contributed by atoms with Crippen LogP contribution >= 0.6 is 0 Å². The number of allylic oxidation sites excluding steroid dienone is 5. The summed E-state index contributed by atoms with van der Waals surface area (Å²) in [7, 11) is 0. The van der Waals surface area contributed by atoms with Crippen molar-refractivity contribution >= 4 is 44.5 Å². The van der Waals surface area contributed by atoms with Crippen molar-refractivity contribution in [1.82, 2.24) is 4.57 Å². The molecule has 3 aliphatic rings. The predicted octanol–water partition coefficient (Wildman–Crippen LogP) is 11.0. The van der Waals surface area contributed by atoms with Crippen molar-refractivity contribution in [3.8, 4) is 22.6 Å². The lowest BCUT2D eigenvalue weighted by atomic mass is 9.86. The van der Waals surface area contributed by atoms with Crippen molar-refractivity contribution in [2.45, 2.75) is 25.2 Å². The minimum absolute atomic E-state index is 0.284. The molecule has 0 saturated heterocycles. The first-order valence-corrected chi connectivity index (χ1v) is 15.8. The summed E-state index contributed by atoms with van der Waals surface area (Å²) in [4.78, 5) is 0. The van der Waals surface area contributed by atoms with Crippen molar-refractivity contribution in [3.63, 3.8) is 0 Å². The maximum atomic E-state index is 6.43. The molecule has 2 aromatic heterocycles. The van der Waals surface area contributed by atoms with Gasteiger partial charge < -0.3 is 13.7 Å². The van der Waals surface area contributed by atoms with Crippen LogP contribution in [0.1, 0.15) is 41.1 Å². The topological polar surface area (TPSA) is 27.3 Å². The number of hydrogen-bond donors (Lipinski definition) is 0. The van der Waals surface area contributed by atoms with Gasteiger partial charge in [0.05, 0.1) is 5.52 Å². The van der Waals surface area contributed by atoms with E-state index in [4.69, 9.17) is 9.15 Å². The zero-order valence-electron chi connectivity index (χ0n) is 24.7. The van der Waals surface area contributed by atoms with Gasteiger partial charge in [-0.15, -0.1) is 0 Å². The van der Waals surface area contributed by atoms with Crippen LogP contribution in [0.2, 0.25) is 0 Å². The molecule has 3 heterocycles. The van der Waals surface area contributed by atoms with Gasteiger partial charge in [-0.3, -0.25) is 0 Å². The molecule has 0 fully saturated rings. The molecule has 0 N–H and O–H groups in total. The van der Waals surface area contributed by atoms with Gasteiger partial charge in [-0.25, -0.2) is 0 Å². The predicted molar refractivity (Wildman–Crippen MR) is 184 cm³/mol. The van der Waals surface area contributed by atoms with Crippen LogP contribution < -0.4 is 4.74 Å². The number of fused-ring (bicyclic) bond motifs is 9. The zero-order chi connectivity index (χ0) is 29.5. The highest BCUT2D eigenvalue weighted by Crippen LogP contribution is 2.48. The molecule has 0 saturated carbocycles. The maximum Gasteiger partial charge on any atom is 0.135 e. The first-order valence-electron chi connectivity index (χ1n) is 15.8. The zero-order valence-corrected chi connectivity index (χ0v) is 24.7. The summed E-state index contributed by atoms with van der Waals surface area (Å²) >= 11 is 0. The molecular formula is C42H29NO2. The van der Waals surface area contributed by atoms with Crippen LogP contribution in [0, 0.1) is 0 Å². The second-order valence-electron chi connectivity index (χ2n) is 12.3. The quantitative estimate of drug-likeness (QED) is 0.208. The number of aromatic nitrogens is 1. The third-order valence-electron chi connectivity index (χ3n) is 9.83. The molecule has 1 aliphatic heterocycles. The summed E-state index contributed by atoms with van der Waals surface area (Å²) in [5.41, 5.74) is 12.9. The van der Waals surface area contributed by atoms with Crippen molar-refractivity contribution in [2.75, 3.05) is 0 Å². The number of benzene rings is 5.